The molecule has 3 nitrogen and oxygen atoms in total. The average molecular weight is 331 g/mol. The molecule has 0 radical (unpaired) electrons. The van der Waals surface area contributed by atoms with Crippen LogP contribution in [0, 0.1) is 13.8 Å². The summed E-state index contributed by atoms with van der Waals surface area (Å²) in [5, 5.41) is 3.96. The van der Waals surface area contributed by atoms with E-state index in [4.69, 9.17) is 0 Å². The first kappa shape index (κ1) is 14.5. The van der Waals surface area contributed by atoms with Crippen molar-refractivity contribution in [2.24, 2.45) is 5.10 Å². The molecular formula is C16H15BrN2O. The van der Waals surface area contributed by atoms with E-state index in [-0.39, 0.29) is 5.91 Å². The van der Waals surface area contributed by atoms with Crippen LogP contribution in [0.25, 0.3) is 0 Å². The maximum absolute atomic E-state index is 11.9. The second-order valence-corrected chi connectivity index (χ2v) is 5.47. The van der Waals surface area contributed by atoms with Crippen LogP contribution in [0.15, 0.2) is 52.0 Å². The van der Waals surface area contributed by atoms with Gasteiger partial charge in [-0.1, -0.05) is 34.1 Å². The van der Waals surface area contributed by atoms with Gasteiger partial charge in [0, 0.05) is 10.0 Å². The van der Waals surface area contributed by atoms with E-state index in [1.54, 1.807) is 12.3 Å². The summed E-state index contributed by atoms with van der Waals surface area (Å²) in [6.07, 6.45) is 1.62. The summed E-state index contributed by atoms with van der Waals surface area (Å²) >= 11 is 3.37. The molecule has 4 heteroatoms. The molecule has 0 atom stereocenters. The summed E-state index contributed by atoms with van der Waals surface area (Å²) in [7, 11) is 0. The summed E-state index contributed by atoms with van der Waals surface area (Å²) in [5.41, 5.74) is 6.32. The normalized spacial score (nSPS) is 10.8. The van der Waals surface area contributed by atoms with Crippen molar-refractivity contribution in [3.63, 3.8) is 0 Å². The lowest BCUT2D eigenvalue weighted by Gasteiger charge is -2.03. The number of benzene rings is 2. The summed E-state index contributed by atoms with van der Waals surface area (Å²) in [6.45, 7) is 4.00. The molecule has 0 aliphatic rings. The van der Waals surface area contributed by atoms with Gasteiger partial charge in [0.05, 0.1) is 6.21 Å². The molecule has 0 bridgehead atoms. The molecule has 0 aliphatic heterocycles. The zero-order valence-corrected chi connectivity index (χ0v) is 12.9. The van der Waals surface area contributed by atoms with Crippen molar-refractivity contribution in [3.8, 4) is 0 Å². The highest BCUT2D eigenvalue weighted by Crippen LogP contribution is 2.10. The van der Waals surface area contributed by atoms with Crippen LogP contribution in [-0.4, -0.2) is 12.1 Å². The van der Waals surface area contributed by atoms with Gasteiger partial charge in [0.25, 0.3) is 5.91 Å². The van der Waals surface area contributed by atoms with Gasteiger partial charge in [-0.05, 0) is 54.8 Å². The number of hydrazone groups is 1. The average Bonchev–Trinajstić information content (AvgIpc) is 2.44. The van der Waals surface area contributed by atoms with Crippen LogP contribution in [0.1, 0.15) is 27.0 Å². The first-order chi connectivity index (χ1) is 9.56. The molecule has 0 aliphatic carbocycles. The van der Waals surface area contributed by atoms with E-state index in [0.29, 0.717) is 5.56 Å². The van der Waals surface area contributed by atoms with E-state index in [1.807, 2.05) is 50.2 Å². The van der Waals surface area contributed by atoms with Gasteiger partial charge in [-0.3, -0.25) is 4.79 Å². The molecule has 20 heavy (non-hydrogen) atoms. The lowest BCUT2D eigenvalue weighted by Crippen LogP contribution is -2.17. The fraction of sp³-hybridized carbons (Fsp3) is 0.125. The number of carbonyl (C=O) groups excluding carboxylic acids is 1. The Kier molecular flexibility index (Phi) is 4.69. The van der Waals surface area contributed by atoms with Crippen LogP contribution in [0.4, 0.5) is 0 Å². The molecule has 1 amide bonds. The molecule has 0 heterocycles. The molecule has 2 aromatic carbocycles. The summed E-state index contributed by atoms with van der Waals surface area (Å²) in [5.74, 6) is -0.207. The zero-order chi connectivity index (χ0) is 14.5. The maximum Gasteiger partial charge on any atom is 0.271 e. The van der Waals surface area contributed by atoms with E-state index >= 15 is 0 Å². The maximum atomic E-state index is 11.9. The number of nitrogens with zero attached hydrogens (tertiary/aromatic N) is 1. The molecule has 0 fully saturated rings. The molecular weight excluding hydrogens is 316 g/mol. The number of rotatable bonds is 3. The predicted octanol–water partition coefficient (Wildman–Crippen LogP) is 3.83. The van der Waals surface area contributed by atoms with E-state index in [9.17, 15) is 4.79 Å². The van der Waals surface area contributed by atoms with Gasteiger partial charge in [-0.2, -0.15) is 5.10 Å². The molecule has 0 saturated heterocycles. The van der Waals surface area contributed by atoms with Gasteiger partial charge in [0.15, 0.2) is 0 Å². The van der Waals surface area contributed by atoms with E-state index in [2.05, 4.69) is 26.5 Å². The van der Waals surface area contributed by atoms with Gasteiger partial charge in [-0.15, -0.1) is 0 Å². The largest absolute Gasteiger partial charge is 0.271 e. The Balaban J connectivity index is 2.01. The Morgan fingerprint density at radius 3 is 2.45 bits per heavy atom. The molecule has 0 spiro atoms. The third-order valence-electron chi connectivity index (χ3n) is 3.02. The minimum Gasteiger partial charge on any atom is -0.267 e. The molecule has 0 unspecified atom stereocenters. The fourth-order valence-corrected chi connectivity index (χ4v) is 1.93. The predicted molar refractivity (Wildman–Crippen MR) is 85.1 cm³/mol. The van der Waals surface area contributed by atoms with Crippen LogP contribution >= 0.6 is 15.9 Å². The Morgan fingerprint density at radius 2 is 1.80 bits per heavy atom. The minimum atomic E-state index is -0.207. The van der Waals surface area contributed by atoms with E-state index < -0.39 is 0 Å². The van der Waals surface area contributed by atoms with Gasteiger partial charge in [0.1, 0.15) is 0 Å². The Bertz CT molecular complexity index is 648. The number of aryl methyl sites for hydroxylation is 2. The van der Waals surface area contributed by atoms with Crippen molar-refractivity contribution >= 4 is 28.1 Å². The Hall–Kier alpha value is -1.94. The second kappa shape index (κ2) is 6.48. The van der Waals surface area contributed by atoms with Crippen LogP contribution in [-0.2, 0) is 0 Å². The number of carbonyl (C=O) groups is 1. The smallest absolute Gasteiger partial charge is 0.267 e. The van der Waals surface area contributed by atoms with Crippen LogP contribution < -0.4 is 5.43 Å². The first-order valence-corrected chi connectivity index (χ1v) is 7.02. The number of amides is 1. The SMILES string of the molecule is Cc1ccc(C(=O)NN=Cc2ccc(Br)cc2)cc1C. The Labute approximate surface area is 126 Å². The second-order valence-electron chi connectivity index (χ2n) is 4.55. The summed E-state index contributed by atoms with van der Waals surface area (Å²) in [4.78, 5) is 11.9. The third-order valence-corrected chi connectivity index (χ3v) is 3.55. The van der Waals surface area contributed by atoms with Gasteiger partial charge in [-0.25, -0.2) is 5.43 Å². The van der Waals surface area contributed by atoms with Gasteiger partial charge >= 0.3 is 0 Å². The van der Waals surface area contributed by atoms with Gasteiger partial charge in [0.2, 0.25) is 0 Å². The summed E-state index contributed by atoms with van der Waals surface area (Å²) < 4.78 is 1.01. The zero-order valence-electron chi connectivity index (χ0n) is 11.4. The number of nitrogens with one attached hydrogen (secondary N) is 1. The van der Waals surface area contributed by atoms with E-state index in [1.165, 1.54) is 5.56 Å². The number of hydrogen-bond acceptors (Lipinski definition) is 2. The minimum absolute atomic E-state index is 0.207. The molecule has 2 aromatic rings. The Morgan fingerprint density at radius 1 is 1.10 bits per heavy atom. The van der Waals surface area contributed by atoms with E-state index in [0.717, 1.165) is 15.6 Å². The van der Waals surface area contributed by atoms with Crippen molar-refractivity contribution in [3.05, 3.63) is 69.2 Å². The third kappa shape index (κ3) is 3.78. The standard InChI is InChI=1S/C16H15BrN2O/c1-11-3-6-14(9-12(11)2)16(20)19-18-10-13-4-7-15(17)8-5-13/h3-10H,1-2H3,(H,19,20). The van der Waals surface area contributed by atoms with Crippen molar-refractivity contribution in [1.82, 2.24) is 5.43 Å². The lowest BCUT2D eigenvalue weighted by molar-refractivity contribution is 0.0955. The van der Waals surface area contributed by atoms with Crippen LogP contribution in [0.5, 0.6) is 0 Å². The quantitative estimate of drug-likeness (QED) is 0.674. The van der Waals surface area contributed by atoms with Crippen LogP contribution in [0.3, 0.4) is 0 Å². The number of hydrogen-bond donors (Lipinski definition) is 1. The first-order valence-electron chi connectivity index (χ1n) is 6.22. The van der Waals surface area contributed by atoms with Crippen LogP contribution in [0.2, 0.25) is 0 Å². The monoisotopic (exact) mass is 330 g/mol. The van der Waals surface area contributed by atoms with Crippen molar-refractivity contribution in [2.45, 2.75) is 13.8 Å². The molecule has 0 saturated carbocycles. The van der Waals surface area contributed by atoms with Crippen molar-refractivity contribution in [1.29, 1.82) is 0 Å². The highest BCUT2D eigenvalue weighted by Gasteiger charge is 2.04. The van der Waals surface area contributed by atoms with Crippen molar-refractivity contribution < 1.29 is 4.79 Å². The highest BCUT2D eigenvalue weighted by atomic mass is 79.9. The molecule has 102 valence electrons. The number of halogens is 1. The van der Waals surface area contributed by atoms with Crippen molar-refractivity contribution in [2.75, 3.05) is 0 Å². The molecule has 1 N–H and O–H groups in total. The summed E-state index contributed by atoms with van der Waals surface area (Å²) in [6, 6.07) is 13.3. The highest BCUT2D eigenvalue weighted by molar-refractivity contribution is 9.10. The molecule has 0 aromatic heterocycles. The van der Waals surface area contributed by atoms with Gasteiger partial charge < -0.3 is 0 Å². The fourth-order valence-electron chi connectivity index (χ4n) is 1.66. The molecule has 2 rings (SSSR count). The topological polar surface area (TPSA) is 41.5 Å². The lowest BCUT2D eigenvalue weighted by atomic mass is 10.1.